The summed E-state index contributed by atoms with van der Waals surface area (Å²) >= 11 is 0. The third-order valence-electron chi connectivity index (χ3n) is 4.57. The van der Waals surface area contributed by atoms with E-state index in [1.54, 1.807) is 7.11 Å². The molecule has 1 aliphatic heterocycles. The summed E-state index contributed by atoms with van der Waals surface area (Å²) in [6.45, 7) is 7.85. The number of hydrogen-bond acceptors (Lipinski definition) is 4. The molecule has 0 amide bonds. The fourth-order valence-electron chi connectivity index (χ4n) is 3.31. The van der Waals surface area contributed by atoms with Gasteiger partial charge in [-0.05, 0) is 52.0 Å². The molecule has 3 unspecified atom stereocenters. The number of nitrogens with zero attached hydrogens (tertiary/aromatic N) is 1. The van der Waals surface area contributed by atoms with E-state index in [0.29, 0.717) is 18.0 Å². The van der Waals surface area contributed by atoms with Crippen LogP contribution in [-0.2, 0) is 4.74 Å². The highest BCUT2D eigenvalue weighted by molar-refractivity contribution is 4.95. The largest absolute Gasteiger partial charge is 0.394 e. The average molecular weight is 270 g/mol. The van der Waals surface area contributed by atoms with Crippen LogP contribution in [0.25, 0.3) is 0 Å². The van der Waals surface area contributed by atoms with Gasteiger partial charge in [0.2, 0.25) is 0 Å². The molecule has 2 N–H and O–H groups in total. The van der Waals surface area contributed by atoms with Crippen molar-refractivity contribution < 1.29 is 9.84 Å². The number of rotatable bonds is 8. The lowest BCUT2D eigenvalue weighted by Gasteiger charge is -2.35. The maximum Gasteiger partial charge on any atom is 0.0611 e. The Morgan fingerprint density at radius 2 is 2.16 bits per heavy atom. The summed E-state index contributed by atoms with van der Waals surface area (Å²) in [5, 5.41) is 13.3. The summed E-state index contributed by atoms with van der Waals surface area (Å²) in [5.74, 6) is 0.684. The van der Waals surface area contributed by atoms with Gasteiger partial charge in [0.25, 0.3) is 0 Å². The highest BCUT2D eigenvalue weighted by Crippen LogP contribution is 2.27. The van der Waals surface area contributed by atoms with Crippen molar-refractivity contribution >= 4 is 0 Å². The van der Waals surface area contributed by atoms with Crippen molar-refractivity contribution in [3.05, 3.63) is 0 Å². The number of methoxy groups -OCH3 is 1. The molecule has 3 atom stereocenters. The third-order valence-corrected chi connectivity index (χ3v) is 4.57. The number of aliphatic hydroxyl groups is 1. The molecule has 1 saturated heterocycles. The van der Waals surface area contributed by atoms with E-state index in [9.17, 15) is 5.11 Å². The second kappa shape index (κ2) is 6.53. The van der Waals surface area contributed by atoms with E-state index in [1.165, 1.54) is 25.8 Å². The van der Waals surface area contributed by atoms with Crippen LogP contribution in [0.3, 0.4) is 0 Å². The van der Waals surface area contributed by atoms with Gasteiger partial charge in [0.05, 0.1) is 13.2 Å². The van der Waals surface area contributed by atoms with E-state index >= 15 is 0 Å². The molecule has 1 aliphatic carbocycles. The molecule has 0 bridgehead atoms. The number of aliphatic hydroxyl groups excluding tert-OH is 1. The number of likely N-dealkylation sites (tertiary alicyclic amines) is 1. The van der Waals surface area contributed by atoms with Gasteiger partial charge in [-0.2, -0.15) is 0 Å². The molecule has 0 aromatic rings. The zero-order valence-electron chi connectivity index (χ0n) is 12.7. The van der Waals surface area contributed by atoms with E-state index in [4.69, 9.17) is 4.74 Å². The van der Waals surface area contributed by atoms with Crippen LogP contribution in [0.2, 0.25) is 0 Å². The molecular weight excluding hydrogens is 240 g/mol. The fourth-order valence-corrected chi connectivity index (χ4v) is 3.31. The standard InChI is InChI=1S/C15H30N2O2/c1-12(17-7-6-13(9-17)10-19-3)8-15(2,11-18)16-14-4-5-14/h12-14,16,18H,4-11H2,1-3H3. The maximum absolute atomic E-state index is 9.69. The Hall–Kier alpha value is -0.160. The van der Waals surface area contributed by atoms with Crippen molar-refractivity contribution in [1.82, 2.24) is 10.2 Å². The zero-order valence-corrected chi connectivity index (χ0v) is 12.7. The number of nitrogens with one attached hydrogen (secondary N) is 1. The molecule has 2 aliphatic rings. The first-order chi connectivity index (χ1) is 9.06. The minimum atomic E-state index is -0.125. The van der Waals surface area contributed by atoms with Gasteiger partial charge < -0.3 is 20.1 Å². The first kappa shape index (κ1) is 15.2. The molecule has 19 heavy (non-hydrogen) atoms. The fraction of sp³-hybridized carbons (Fsp3) is 1.00. The Balaban J connectivity index is 1.80. The first-order valence-electron chi connectivity index (χ1n) is 7.68. The molecule has 2 fully saturated rings. The average Bonchev–Trinajstić information content (AvgIpc) is 3.05. The van der Waals surface area contributed by atoms with Crippen LogP contribution in [0.1, 0.15) is 39.5 Å². The molecule has 112 valence electrons. The van der Waals surface area contributed by atoms with Crippen LogP contribution < -0.4 is 5.32 Å². The predicted molar refractivity (Wildman–Crippen MR) is 77.3 cm³/mol. The second-order valence-corrected chi connectivity index (χ2v) is 6.80. The highest BCUT2D eigenvalue weighted by Gasteiger charge is 2.35. The summed E-state index contributed by atoms with van der Waals surface area (Å²) in [7, 11) is 1.79. The van der Waals surface area contributed by atoms with Crippen molar-refractivity contribution in [3.63, 3.8) is 0 Å². The Kier molecular flexibility index (Phi) is 5.23. The van der Waals surface area contributed by atoms with Crippen LogP contribution in [0.5, 0.6) is 0 Å². The van der Waals surface area contributed by atoms with Crippen molar-refractivity contribution in [1.29, 1.82) is 0 Å². The van der Waals surface area contributed by atoms with Crippen molar-refractivity contribution in [2.75, 3.05) is 33.4 Å². The quantitative estimate of drug-likeness (QED) is 0.696. The lowest BCUT2D eigenvalue weighted by atomic mass is 9.93. The SMILES string of the molecule is COCC1CCN(C(C)CC(C)(CO)NC2CC2)C1. The molecular formula is C15H30N2O2. The van der Waals surface area contributed by atoms with Gasteiger partial charge in [0.1, 0.15) is 0 Å². The van der Waals surface area contributed by atoms with Crippen LogP contribution in [0.4, 0.5) is 0 Å². The van der Waals surface area contributed by atoms with Crippen LogP contribution in [0.15, 0.2) is 0 Å². The van der Waals surface area contributed by atoms with Gasteiger partial charge in [0.15, 0.2) is 0 Å². The number of hydrogen-bond donors (Lipinski definition) is 2. The van der Waals surface area contributed by atoms with E-state index in [-0.39, 0.29) is 12.1 Å². The van der Waals surface area contributed by atoms with Crippen LogP contribution in [0, 0.1) is 5.92 Å². The van der Waals surface area contributed by atoms with E-state index < -0.39 is 0 Å². The third kappa shape index (κ3) is 4.42. The van der Waals surface area contributed by atoms with Crippen molar-refractivity contribution in [3.8, 4) is 0 Å². The Labute approximate surface area is 117 Å². The van der Waals surface area contributed by atoms with Crippen molar-refractivity contribution in [2.24, 2.45) is 5.92 Å². The topological polar surface area (TPSA) is 44.7 Å². The molecule has 1 saturated carbocycles. The van der Waals surface area contributed by atoms with Crippen LogP contribution >= 0.6 is 0 Å². The van der Waals surface area contributed by atoms with E-state index in [0.717, 1.165) is 19.6 Å². The molecule has 1 heterocycles. The summed E-state index contributed by atoms with van der Waals surface area (Å²) < 4.78 is 5.26. The molecule has 2 rings (SSSR count). The lowest BCUT2D eigenvalue weighted by Crippen LogP contribution is -2.51. The molecule has 0 aromatic carbocycles. The normalized spacial score (nSPS) is 29.4. The van der Waals surface area contributed by atoms with E-state index in [1.807, 2.05) is 0 Å². The summed E-state index contributed by atoms with van der Waals surface area (Å²) in [5.41, 5.74) is -0.125. The first-order valence-corrected chi connectivity index (χ1v) is 7.68. The molecule has 4 heteroatoms. The van der Waals surface area contributed by atoms with E-state index in [2.05, 4.69) is 24.1 Å². The number of ether oxygens (including phenoxy) is 1. The summed E-state index contributed by atoms with van der Waals surface area (Å²) in [6, 6.07) is 1.16. The summed E-state index contributed by atoms with van der Waals surface area (Å²) in [4.78, 5) is 2.55. The van der Waals surface area contributed by atoms with Gasteiger partial charge in [-0.25, -0.2) is 0 Å². The highest BCUT2D eigenvalue weighted by atomic mass is 16.5. The molecule has 0 spiro atoms. The molecule has 4 nitrogen and oxygen atoms in total. The summed E-state index contributed by atoms with van der Waals surface area (Å²) in [6.07, 6.45) is 4.79. The smallest absolute Gasteiger partial charge is 0.0611 e. The van der Waals surface area contributed by atoms with Gasteiger partial charge in [0, 0.05) is 31.3 Å². The van der Waals surface area contributed by atoms with Gasteiger partial charge in [-0.3, -0.25) is 0 Å². The van der Waals surface area contributed by atoms with Crippen molar-refractivity contribution in [2.45, 2.75) is 57.2 Å². The van der Waals surface area contributed by atoms with Gasteiger partial charge >= 0.3 is 0 Å². The monoisotopic (exact) mass is 270 g/mol. The second-order valence-electron chi connectivity index (χ2n) is 6.80. The minimum absolute atomic E-state index is 0.125. The van der Waals surface area contributed by atoms with Gasteiger partial charge in [-0.15, -0.1) is 0 Å². The maximum atomic E-state index is 9.69. The Morgan fingerprint density at radius 1 is 1.42 bits per heavy atom. The molecule has 0 aromatic heterocycles. The zero-order chi connectivity index (χ0) is 13.9. The predicted octanol–water partition coefficient (Wildman–Crippen LogP) is 1.24. The van der Waals surface area contributed by atoms with Crippen LogP contribution in [-0.4, -0.2) is 61.0 Å². The Bertz CT molecular complexity index is 283. The lowest BCUT2D eigenvalue weighted by molar-refractivity contribution is 0.115. The minimum Gasteiger partial charge on any atom is -0.394 e. The molecule has 0 radical (unpaired) electrons. The van der Waals surface area contributed by atoms with Gasteiger partial charge in [-0.1, -0.05) is 0 Å². The Morgan fingerprint density at radius 3 is 2.74 bits per heavy atom.